The molecular weight excluding hydrogens is 511 g/mol. The van der Waals surface area contributed by atoms with E-state index in [-0.39, 0.29) is 36.6 Å². The predicted molar refractivity (Wildman–Crippen MR) is 126 cm³/mol. The van der Waals surface area contributed by atoms with Crippen molar-refractivity contribution in [3.8, 4) is 5.75 Å². The molecule has 1 atom stereocenters. The Morgan fingerprint density at radius 1 is 1.29 bits per heavy atom. The number of hydrogen-bond donors (Lipinski definition) is 3. The van der Waals surface area contributed by atoms with Gasteiger partial charge in [-0.2, -0.15) is 0 Å². The van der Waals surface area contributed by atoms with E-state index in [1.54, 1.807) is 31.7 Å². The summed E-state index contributed by atoms with van der Waals surface area (Å²) in [5, 5.41) is 8.14. The topological polar surface area (TPSA) is 91.8 Å². The lowest BCUT2D eigenvalue weighted by atomic mass is 10.0. The first-order valence-electron chi connectivity index (χ1n) is 8.52. The fourth-order valence-electron chi connectivity index (χ4n) is 2.52. The first kappa shape index (κ1) is 24.7. The number of thiophene rings is 1. The molecule has 0 fully saturated rings. The van der Waals surface area contributed by atoms with Gasteiger partial charge in [-0.3, -0.25) is 4.99 Å². The van der Waals surface area contributed by atoms with Crippen LogP contribution in [0.5, 0.6) is 5.75 Å². The molecule has 0 saturated carbocycles. The fraction of sp³-hybridized carbons (Fsp3) is 0.389. The van der Waals surface area contributed by atoms with Gasteiger partial charge in [0.05, 0.1) is 13.2 Å². The second-order valence-corrected chi connectivity index (χ2v) is 8.88. The average molecular weight is 538 g/mol. The van der Waals surface area contributed by atoms with Crippen LogP contribution in [0.25, 0.3) is 0 Å². The molecule has 2 rings (SSSR count). The Morgan fingerprint density at radius 3 is 2.64 bits per heavy atom. The van der Waals surface area contributed by atoms with Crippen molar-refractivity contribution in [2.24, 2.45) is 4.99 Å². The number of aliphatic imine (C=N–C) groups is 1. The number of sulfonamides is 1. The summed E-state index contributed by atoms with van der Waals surface area (Å²) in [7, 11) is -0.131. The second-order valence-electron chi connectivity index (χ2n) is 5.94. The van der Waals surface area contributed by atoms with E-state index in [2.05, 4.69) is 26.4 Å². The van der Waals surface area contributed by atoms with E-state index in [1.165, 1.54) is 11.3 Å². The third-order valence-corrected chi connectivity index (χ3v) is 6.76. The smallest absolute Gasteiger partial charge is 0.250 e. The van der Waals surface area contributed by atoms with Gasteiger partial charge in [-0.25, -0.2) is 13.1 Å². The summed E-state index contributed by atoms with van der Waals surface area (Å²) >= 11 is 1.19. The number of methoxy groups -OCH3 is 1. The Kier molecular flexibility index (Phi) is 10.2. The van der Waals surface area contributed by atoms with E-state index in [4.69, 9.17) is 4.74 Å². The van der Waals surface area contributed by atoms with Crippen molar-refractivity contribution in [2.75, 3.05) is 27.2 Å². The van der Waals surface area contributed by atoms with E-state index in [0.717, 1.165) is 16.9 Å². The molecule has 1 aromatic carbocycles. The highest BCUT2D eigenvalue weighted by molar-refractivity contribution is 14.0. The van der Waals surface area contributed by atoms with Gasteiger partial charge in [0, 0.05) is 25.7 Å². The predicted octanol–water partition coefficient (Wildman–Crippen LogP) is 2.89. The Bertz CT molecular complexity index is 871. The van der Waals surface area contributed by atoms with E-state index in [0.29, 0.717) is 16.7 Å². The van der Waals surface area contributed by atoms with Crippen molar-refractivity contribution < 1.29 is 13.2 Å². The summed E-state index contributed by atoms with van der Waals surface area (Å²) in [6.45, 7) is 4.71. The number of halogens is 1. The van der Waals surface area contributed by atoms with Gasteiger partial charge in [0.2, 0.25) is 10.0 Å². The first-order valence-corrected chi connectivity index (χ1v) is 10.9. The normalized spacial score (nSPS) is 12.8. The molecule has 3 N–H and O–H groups in total. The van der Waals surface area contributed by atoms with Crippen LogP contribution < -0.4 is 20.1 Å². The molecule has 0 radical (unpaired) electrons. The quantitative estimate of drug-likeness (QED) is 0.208. The van der Waals surface area contributed by atoms with Crippen LogP contribution in [0.2, 0.25) is 0 Å². The summed E-state index contributed by atoms with van der Waals surface area (Å²) in [6, 6.07) is 9.27. The van der Waals surface area contributed by atoms with Crippen LogP contribution in [-0.2, 0) is 10.0 Å². The van der Waals surface area contributed by atoms with Gasteiger partial charge in [-0.15, -0.1) is 35.3 Å². The maximum atomic E-state index is 12.1. The van der Waals surface area contributed by atoms with Crippen molar-refractivity contribution in [1.82, 2.24) is 15.4 Å². The van der Waals surface area contributed by atoms with Crippen molar-refractivity contribution >= 4 is 51.3 Å². The SMILES string of the molecule is CN=C(NCCNS(=O)(=O)c1cccs1)NC(C)c1cc(C)ccc1OC.I. The zero-order valence-electron chi connectivity index (χ0n) is 16.4. The van der Waals surface area contributed by atoms with Crippen LogP contribution in [-0.4, -0.2) is 41.6 Å². The summed E-state index contributed by atoms with van der Waals surface area (Å²) in [6.07, 6.45) is 0. The monoisotopic (exact) mass is 538 g/mol. The van der Waals surface area contributed by atoms with E-state index in [1.807, 2.05) is 26.0 Å². The number of aryl methyl sites for hydroxylation is 1. The van der Waals surface area contributed by atoms with Crippen molar-refractivity contribution in [3.05, 3.63) is 46.8 Å². The Labute approximate surface area is 188 Å². The van der Waals surface area contributed by atoms with Gasteiger partial charge >= 0.3 is 0 Å². The van der Waals surface area contributed by atoms with Gasteiger partial charge in [0.15, 0.2) is 5.96 Å². The summed E-state index contributed by atoms with van der Waals surface area (Å²) < 4.78 is 32.5. The fourth-order valence-corrected chi connectivity index (χ4v) is 4.59. The van der Waals surface area contributed by atoms with Crippen LogP contribution in [0, 0.1) is 6.92 Å². The number of hydrogen-bond acceptors (Lipinski definition) is 5. The van der Waals surface area contributed by atoms with Crippen LogP contribution in [0.3, 0.4) is 0 Å². The molecule has 1 aromatic heterocycles. The number of guanidine groups is 1. The van der Waals surface area contributed by atoms with E-state index >= 15 is 0 Å². The van der Waals surface area contributed by atoms with Crippen LogP contribution in [0.15, 0.2) is 44.9 Å². The molecule has 7 nitrogen and oxygen atoms in total. The van der Waals surface area contributed by atoms with Gasteiger partial charge in [-0.1, -0.05) is 23.8 Å². The summed E-state index contributed by atoms with van der Waals surface area (Å²) in [5.41, 5.74) is 2.17. The minimum Gasteiger partial charge on any atom is -0.496 e. The van der Waals surface area contributed by atoms with Crippen molar-refractivity contribution in [2.45, 2.75) is 24.1 Å². The van der Waals surface area contributed by atoms with Gasteiger partial charge < -0.3 is 15.4 Å². The van der Waals surface area contributed by atoms with Gasteiger partial charge in [-0.05, 0) is 31.4 Å². The molecule has 28 heavy (non-hydrogen) atoms. The highest BCUT2D eigenvalue weighted by Gasteiger charge is 2.15. The summed E-state index contributed by atoms with van der Waals surface area (Å²) in [5.74, 6) is 1.39. The third kappa shape index (κ3) is 6.90. The summed E-state index contributed by atoms with van der Waals surface area (Å²) in [4.78, 5) is 4.19. The lowest BCUT2D eigenvalue weighted by molar-refractivity contribution is 0.405. The minimum absolute atomic E-state index is 0. The number of ether oxygens (including phenoxy) is 1. The molecule has 1 heterocycles. The van der Waals surface area contributed by atoms with Gasteiger partial charge in [0.1, 0.15) is 9.96 Å². The molecule has 0 spiro atoms. The molecule has 2 aromatic rings. The van der Waals surface area contributed by atoms with Crippen molar-refractivity contribution in [3.63, 3.8) is 0 Å². The zero-order valence-corrected chi connectivity index (χ0v) is 20.3. The second kappa shape index (κ2) is 11.6. The highest BCUT2D eigenvalue weighted by Crippen LogP contribution is 2.25. The van der Waals surface area contributed by atoms with Crippen LogP contribution in [0.1, 0.15) is 24.1 Å². The van der Waals surface area contributed by atoms with Crippen molar-refractivity contribution in [1.29, 1.82) is 0 Å². The molecule has 0 bridgehead atoms. The van der Waals surface area contributed by atoms with E-state index < -0.39 is 10.0 Å². The standard InChI is InChI=1S/C18H26N4O3S2.HI/c1-13-7-8-16(25-4)15(12-13)14(2)22-18(19-3)20-9-10-21-27(23,24)17-6-5-11-26-17;/h5-8,11-12,14,21H,9-10H2,1-4H3,(H2,19,20,22);1H. The van der Waals surface area contributed by atoms with Crippen LogP contribution >= 0.6 is 35.3 Å². The Balaban J connectivity index is 0.00000392. The average Bonchev–Trinajstić information content (AvgIpc) is 3.19. The molecule has 0 aliphatic heterocycles. The highest BCUT2D eigenvalue weighted by atomic mass is 127. The lowest BCUT2D eigenvalue weighted by Gasteiger charge is -2.20. The molecule has 0 aliphatic carbocycles. The first-order chi connectivity index (χ1) is 12.9. The number of nitrogens with one attached hydrogen (secondary N) is 3. The Morgan fingerprint density at radius 2 is 2.04 bits per heavy atom. The molecular formula is C18H27IN4O3S2. The lowest BCUT2D eigenvalue weighted by Crippen LogP contribution is -2.42. The zero-order chi connectivity index (χ0) is 19.9. The minimum atomic E-state index is -3.45. The van der Waals surface area contributed by atoms with Crippen LogP contribution in [0.4, 0.5) is 0 Å². The molecule has 10 heteroatoms. The molecule has 0 amide bonds. The maximum absolute atomic E-state index is 12.1. The molecule has 156 valence electrons. The third-order valence-electron chi connectivity index (χ3n) is 3.90. The maximum Gasteiger partial charge on any atom is 0.250 e. The number of nitrogens with zero attached hydrogens (tertiary/aromatic N) is 1. The number of rotatable bonds is 8. The number of benzene rings is 1. The molecule has 0 saturated heterocycles. The van der Waals surface area contributed by atoms with E-state index in [9.17, 15) is 8.42 Å². The molecule has 1 unspecified atom stereocenters. The largest absolute Gasteiger partial charge is 0.496 e. The Hall–Kier alpha value is -1.37. The van der Waals surface area contributed by atoms with Gasteiger partial charge in [0.25, 0.3) is 0 Å². The molecule has 0 aliphatic rings.